The van der Waals surface area contributed by atoms with E-state index in [1.54, 1.807) is 44.5 Å². The molecule has 0 fully saturated rings. The number of hydrogen-bond donors (Lipinski definition) is 0. The molecule has 0 aromatic heterocycles. The Balaban J connectivity index is 0.960. The van der Waals surface area contributed by atoms with Gasteiger partial charge in [0.05, 0.1) is 0 Å². The highest BCUT2D eigenvalue weighted by Gasteiger charge is 2.50. The van der Waals surface area contributed by atoms with Gasteiger partial charge in [-0.3, -0.25) is 0 Å². The van der Waals surface area contributed by atoms with Crippen LogP contribution in [0.2, 0.25) is 0 Å². The molecule has 0 heterocycles. The molecule has 0 nitrogen and oxygen atoms in total. The average molecular weight is 1370 g/mol. The fourth-order valence-corrected chi connectivity index (χ4v) is 20.8. The van der Waals surface area contributed by atoms with Gasteiger partial charge in [-0.15, -0.1) is 0 Å². The second-order valence-corrected chi connectivity index (χ2v) is 36.7. The largest absolute Gasteiger partial charge is 0.0651 e. The molecule has 0 N–H and O–H groups in total. The van der Waals surface area contributed by atoms with Gasteiger partial charge >= 0.3 is 0 Å². The van der Waals surface area contributed by atoms with Crippen molar-refractivity contribution in [2.45, 2.75) is 294 Å². The van der Waals surface area contributed by atoms with Crippen molar-refractivity contribution in [2.24, 2.45) is 59.2 Å². The van der Waals surface area contributed by atoms with Gasteiger partial charge in [-0.05, 0) is 289 Å². The van der Waals surface area contributed by atoms with E-state index >= 15 is 0 Å². The minimum Gasteiger partial charge on any atom is -0.0651 e. The first-order chi connectivity index (χ1) is 49.5. The zero-order valence-corrected chi connectivity index (χ0v) is 68.3. The second-order valence-electron chi connectivity index (χ2n) is 36.7. The van der Waals surface area contributed by atoms with E-state index in [9.17, 15) is 0 Å². The van der Waals surface area contributed by atoms with Gasteiger partial charge in [0.2, 0.25) is 0 Å². The Kier molecular flexibility index (Phi) is 23.8. The predicted molar refractivity (Wildman–Crippen MR) is 451 cm³/mol. The third-order valence-corrected chi connectivity index (χ3v) is 28.0. The van der Waals surface area contributed by atoms with Crippen molar-refractivity contribution in [3.05, 3.63) is 202 Å². The zero-order chi connectivity index (χ0) is 73.3. The smallest absolute Gasteiger partial charge is 0.0220 e. The summed E-state index contributed by atoms with van der Waals surface area (Å²) in [4.78, 5) is 0. The maximum absolute atomic E-state index is 2.74. The topological polar surface area (TPSA) is 0 Å². The molecule has 0 saturated carbocycles. The van der Waals surface area contributed by atoms with E-state index in [-0.39, 0.29) is 21.7 Å². The molecule has 12 rings (SSSR count). The maximum atomic E-state index is 2.74. The summed E-state index contributed by atoms with van der Waals surface area (Å²) >= 11 is 0. The van der Waals surface area contributed by atoms with Crippen LogP contribution in [0.5, 0.6) is 0 Å². The van der Waals surface area contributed by atoms with Crippen LogP contribution in [0.1, 0.15) is 316 Å². The first-order valence-corrected chi connectivity index (χ1v) is 42.6. The van der Waals surface area contributed by atoms with Crippen LogP contribution in [0, 0.1) is 66.1 Å². The minimum atomic E-state index is -0.129. The van der Waals surface area contributed by atoms with Crippen LogP contribution < -0.4 is 0 Å². The van der Waals surface area contributed by atoms with Gasteiger partial charge in [0, 0.05) is 21.7 Å². The number of hydrogen-bond acceptors (Lipinski definition) is 0. The van der Waals surface area contributed by atoms with Gasteiger partial charge in [-0.25, -0.2) is 0 Å². The molecule has 8 aromatic carbocycles. The van der Waals surface area contributed by atoms with Crippen molar-refractivity contribution in [3.63, 3.8) is 0 Å². The lowest BCUT2D eigenvalue weighted by Crippen LogP contribution is -2.30. The Morgan fingerprint density at radius 1 is 0.233 bits per heavy atom. The van der Waals surface area contributed by atoms with Crippen molar-refractivity contribution in [3.8, 4) is 77.9 Å². The highest BCUT2D eigenvalue weighted by atomic mass is 14.5. The zero-order valence-electron chi connectivity index (χ0n) is 68.3. The number of fused-ring (bicyclic) bond motifs is 12. The van der Waals surface area contributed by atoms with Gasteiger partial charge in [0.25, 0.3) is 0 Å². The molecule has 4 aliphatic carbocycles. The Labute approximate surface area is 629 Å². The normalized spacial score (nSPS) is 18.5. The fraction of sp³-hybridized carbons (Fsp3) is 0.534. The van der Waals surface area contributed by atoms with E-state index in [0.717, 1.165) is 37.5 Å². The summed E-state index contributed by atoms with van der Waals surface area (Å²) in [6.45, 7) is 46.8. The summed E-state index contributed by atoms with van der Waals surface area (Å²) in [5.74, 6) is 6.45. The first-order valence-electron chi connectivity index (χ1n) is 42.6. The lowest BCUT2D eigenvalue weighted by Gasteiger charge is -2.38. The highest BCUT2D eigenvalue weighted by Crippen LogP contribution is 2.62. The quantitative estimate of drug-likeness (QED) is 0.0371. The first kappa shape index (κ1) is 76.4. The molecular weight excluding hydrogens is 1240 g/mol. The predicted octanol–water partition coefficient (Wildman–Crippen LogP) is 31.2. The van der Waals surface area contributed by atoms with Gasteiger partial charge in [-0.1, -0.05) is 323 Å². The van der Waals surface area contributed by atoms with E-state index in [1.807, 2.05) is 0 Å². The SMILES string of the molecule is CCC(C)CC1(CC(C)CC)c2cc(-c3ccc4c(c3)C(CC[C@@H](C)CCCC(C)C)(CC[C@@H](C)CCCC(C)C)c3cc(C)ccc3-4)ccc2-c2ccc(-c3ccc4c(c3)C(C[C@@H](C)CC)(C[C@@H](C)CC)c3cc(-c5ccc6c(c5)C(C[C@@H](C)CC)(C[C@@H](C)CC)c5ccccc5-6)ccc3-4)cc21. The van der Waals surface area contributed by atoms with E-state index in [1.165, 1.54) is 199 Å². The summed E-state index contributed by atoms with van der Waals surface area (Å²) in [5, 5.41) is 0. The standard InChI is InChI=1S/C103H136/c1-20-69(11)61-101(62-70(12)21-2)92-35-27-26-34-84(92)86-44-37-79(56-95(86)101)81-40-47-89-91-49-42-83(60-99(91)103(97(89)58-81,65-73(15)24-5)66-74(16)25-6)82-41-48-90-88-46-39-80(57-96(88)102(98(90)59-82,63-71(13)22-3)64-72(14)23-4)78-38-45-87-85-43-36-77(19)54-93(85)100(94(87)55-78,52-50-75(17)32-28-30-67(7)8)53-51-76(18)33-29-31-68(9)10/h26-27,34-49,54-60,67-76H,20-25,28-33,50-53,61-66H2,1-19H3/t69-,70-,71?,72?,73-,74-,75-,76-,102?/m0/s1. The summed E-state index contributed by atoms with van der Waals surface area (Å²) in [6, 6.07) is 63.7. The van der Waals surface area contributed by atoms with E-state index in [4.69, 9.17) is 0 Å². The molecule has 2 unspecified atom stereocenters. The second kappa shape index (κ2) is 32.1. The lowest BCUT2D eigenvalue weighted by molar-refractivity contribution is 0.308. The molecule has 0 bridgehead atoms. The molecule has 0 aliphatic heterocycles. The third kappa shape index (κ3) is 14.9. The van der Waals surface area contributed by atoms with Crippen LogP contribution in [0.15, 0.2) is 152 Å². The molecular formula is C103H136. The van der Waals surface area contributed by atoms with Crippen molar-refractivity contribution in [1.29, 1.82) is 0 Å². The van der Waals surface area contributed by atoms with E-state index in [0.29, 0.717) is 47.3 Å². The molecule has 0 saturated heterocycles. The van der Waals surface area contributed by atoms with Gasteiger partial charge < -0.3 is 0 Å². The van der Waals surface area contributed by atoms with E-state index < -0.39 is 0 Å². The lowest BCUT2D eigenvalue weighted by atomic mass is 9.65. The molecule has 8 aromatic rings. The molecule has 0 amide bonds. The summed E-state index contributed by atoms with van der Waals surface area (Å²) in [5.41, 5.74) is 33.7. The summed E-state index contributed by atoms with van der Waals surface area (Å²) in [6.07, 6.45) is 27.0. The van der Waals surface area contributed by atoms with Gasteiger partial charge in [0.15, 0.2) is 0 Å². The fourth-order valence-electron chi connectivity index (χ4n) is 20.8. The highest BCUT2D eigenvalue weighted by molar-refractivity contribution is 5.91. The Morgan fingerprint density at radius 3 is 0.757 bits per heavy atom. The minimum absolute atomic E-state index is 0.00108. The Bertz CT molecular complexity index is 4170. The van der Waals surface area contributed by atoms with Crippen LogP contribution in [0.4, 0.5) is 0 Å². The molecule has 0 spiro atoms. The third-order valence-electron chi connectivity index (χ3n) is 28.0. The van der Waals surface area contributed by atoms with Crippen LogP contribution in [-0.4, -0.2) is 0 Å². The van der Waals surface area contributed by atoms with Crippen LogP contribution >= 0.6 is 0 Å². The number of aryl methyl sites for hydroxylation is 1. The summed E-state index contributed by atoms with van der Waals surface area (Å²) in [7, 11) is 0. The van der Waals surface area contributed by atoms with Crippen LogP contribution in [0.3, 0.4) is 0 Å². The molecule has 8 atom stereocenters. The van der Waals surface area contributed by atoms with Crippen LogP contribution in [0.25, 0.3) is 77.9 Å². The number of benzene rings is 8. The molecule has 103 heavy (non-hydrogen) atoms. The molecule has 0 radical (unpaired) electrons. The molecule has 4 aliphatic rings. The molecule has 548 valence electrons. The Morgan fingerprint density at radius 2 is 0.476 bits per heavy atom. The van der Waals surface area contributed by atoms with Gasteiger partial charge in [0.1, 0.15) is 0 Å². The van der Waals surface area contributed by atoms with Crippen LogP contribution in [-0.2, 0) is 21.7 Å². The maximum Gasteiger partial charge on any atom is 0.0220 e. The van der Waals surface area contributed by atoms with Crippen molar-refractivity contribution in [1.82, 2.24) is 0 Å². The molecule has 0 heteroatoms. The number of rotatable bonds is 35. The van der Waals surface area contributed by atoms with Crippen molar-refractivity contribution >= 4 is 0 Å². The average Bonchev–Trinajstić information content (AvgIpc) is 1.57. The Hall–Kier alpha value is -6.24. The van der Waals surface area contributed by atoms with Crippen molar-refractivity contribution in [2.75, 3.05) is 0 Å². The van der Waals surface area contributed by atoms with Crippen molar-refractivity contribution < 1.29 is 0 Å². The van der Waals surface area contributed by atoms with E-state index in [2.05, 4.69) is 283 Å². The van der Waals surface area contributed by atoms with Gasteiger partial charge in [-0.2, -0.15) is 0 Å². The monoisotopic (exact) mass is 1370 g/mol. The summed E-state index contributed by atoms with van der Waals surface area (Å²) < 4.78 is 0.